The summed E-state index contributed by atoms with van der Waals surface area (Å²) in [5, 5.41) is 104. The SMILES string of the molecule is C.C.C.C.C=C1CCCS1.CC.CC(=O)O.Cl.NC(CCCCNC(=O)OCc1ccccc1)C(=O)O.NCCCCC(C(=O)O)N(CC(=O)O)CC(=O)O.O=C(O)CN(CC(=O)O)C(CCCCNC(=O)CCCS)C(=O)O.O=C(O)CN(CC(=O)O)C(CCCCNC(=O)OCc1ccccc1)C(=O)O. The molecule has 0 radical (unpaired) electrons. The van der Waals surface area contributed by atoms with Gasteiger partial charge in [0.05, 0.1) is 39.3 Å². The van der Waals surface area contributed by atoms with Gasteiger partial charge in [0.25, 0.3) is 5.97 Å². The number of hydrogen-bond acceptors (Lipinski definition) is 23. The Morgan fingerprint density at radius 3 is 1.03 bits per heavy atom. The largest absolute Gasteiger partial charge is 0.481 e. The average Bonchev–Trinajstić information content (AvgIpc) is 1.40. The molecule has 2 aromatic carbocycles. The minimum Gasteiger partial charge on any atom is -0.481 e. The molecule has 3 rings (SSSR count). The number of ether oxygens (including phenoxy) is 2. The van der Waals surface area contributed by atoms with Crippen LogP contribution in [0.5, 0.6) is 0 Å². The normalized spacial score (nSPS) is 11.5. The first-order valence-electron chi connectivity index (χ1n) is 32.3. The quantitative estimate of drug-likeness (QED) is 0.0224. The summed E-state index contributed by atoms with van der Waals surface area (Å²) in [4.78, 5) is 156. The first-order chi connectivity index (χ1) is 48.2. The fraction of sp³-hybridized carbons (Fsp3) is 0.594. The van der Waals surface area contributed by atoms with Crippen molar-refractivity contribution in [2.45, 2.75) is 191 Å². The number of rotatable bonds is 45. The summed E-state index contributed by atoms with van der Waals surface area (Å²) in [5.74, 6) is -11.5. The molecule has 0 spiro atoms. The minimum atomic E-state index is -1.31. The van der Waals surface area contributed by atoms with Crippen LogP contribution in [0.1, 0.15) is 164 Å². The third-order valence-corrected chi connectivity index (χ3v) is 14.4. The number of hydrogen-bond donors (Lipinski definition) is 17. The third-order valence-electron chi connectivity index (χ3n) is 13.0. The number of allylic oxidation sites excluding steroid dienone is 1. The summed E-state index contributed by atoms with van der Waals surface area (Å²) in [6.45, 7) is 6.81. The molecular weight excluding hydrogens is 1470 g/mol. The fourth-order valence-corrected chi connectivity index (χ4v) is 9.35. The van der Waals surface area contributed by atoms with E-state index in [1.165, 1.54) is 23.5 Å². The van der Waals surface area contributed by atoms with Gasteiger partial charge in [0.1, 0.15) is 37.4 Å². The number of nitrogens with one attached hydrogen (secondary N) is 3. The number of halogens is 1. The highest BCUT2D eigenvalue weighted by Gasteiger charge is 2.31. The van der Waals surface area contributed by atoms with Crippen molar-refractivity contribution in [1.82, 2.24) is 30.7 Å². The van der Waals surface area contributed by atoms with Crippen molar-refractivity contribution in [1.29, 1.82) is 0 Å². The van der Waals surface area contributed by atoms with Crippen molar-refractivity contribution in [3.63, 3.8) is 0 Å². The van der Waals surface area contributed by atoms with Crippen LogP contribution in [0.3, 0.4) is 0 Å². The average molecular weight is 1590 g/mol. The Morgan fingerprint density at radius 1 is 0.486 bits per heavy atom. The number of carbonyl (C=O) groups excluding carboxylic acids is 3. The maximum atomic E-state index is 11.6. The summed E-state index contributed by atoms with van der Waals surface area (Å²) in [6, 6.07) is 14.1. The Kier molecular flexibility index (Phi) is 82.1. The van der Waals surface area contributed by atoms with Crippen molar-refractivity contribution in [2.24, 2.45) is 11.5 Å². The summed E-state index contributed by atoms with van der Waals surface area (Å²) >= 11 is 5.91. The molecule has 0 aliphatic carbocycles. The van der Waals surface area contributed by atoms with Crippen LogP contribution in [0.2, 0.25) is 0 Å². The molecular formula is C69H121ClN8O27S2. The van der Waals surface area contributed by atoms with Crippen molar-refractivity contribution in [3.8, 4) is 0 Å². The molecule has 1 aliphatic rings. The molecule has 1 aliphatic heterocycles. The van der Waals surface area contributed by atoms with Crippen LogP contribution in [0.4, 0.5) is 9.59 Å². The number of thioether (sulfide) groups is 1. The monoisotopic (exact) mass is 1590 g/mol. The Morgan fingerprint density at radius 2 is 0.785 bits per heavy atom. The third kappa shape index (κ3) is 73.8. The number of thiol groups is 1. The van der Waals surface area contributed by atoms with Crippen molar-refractivity contribution in [2.75, 3.05) is 77.0 Å². The van der Waals surface area contributed by atoms with Crippen LogP contribution < -0.4 is 27.4 Å². The number of carbonyl (C=O) groups is 14. The Balaban J connectivity index is -0.000000161. The highest BCUT2D eigenvalue weighted by Crippen LogP contribution is 2.27. The smallest absolute Gasteiger partial charge is 0.407 e. The number of nitrogens with zero attached hydrogens (tertiary/aromatic N) is 3. The Labute approximate surface area is 643 Å². The van der Waals surface area contributed by atoms with Crippen LogP contribution in [0, 0.1) is 0 Å². The van der Waals surface area contributed by atoms with Crippen LogP contribution >= 0.6 is 36.8 Å². The lowest BCUT2D eigenvalue weighted by Crippen LogP contribution is -2.46. The molecule has 0 saturated carbocycles. The molecule has 3 amide bonds. The molecule has 35 nitrogen and oxygen atoms in total. The zero-order valence-corrected chi connectivity index (χ0v) is 60.7. The minimum absolute atomic E-state index is 0. The van der Waals surface area contributed by atoms with Crippen molar-refractivity contribution >= 4 is 121 Å². The lowest BCUT2D eigenvalue weighted by molar-refractivity contribution is -0.152. The molecule has 4 atom stereocenters. The maximum Gasteiger partial charge on any atom is 0.407 e. The predicted octanol–water partition coefficient (Wildman–Crippen LogP) is 7.56. The van der Waals surface area contributed by atoms with Gasteiger partial charge in [0.15, 0.2) is 0 Å². The zero-order chi connectivity index (χ0) is 78.4. The summed E-state index contributed by atoms with van der Waals surface area (Å²) < 4.78 is 10.1. The van der Waals surface area contributed by atoms with E-state index in [2.05, 4.69) is 35.2 Å². The van der Waals surface area contributed by atoms with Gasteiger partial charge in [-0.15, -0.1) is 24.2 Å². The van der Waals surface area contributed by atoms with Crippen molar-refractivity contribution < 1.29 is 133 Å². The highest BCUT2D eigenvalue weighted by atomic mass is 35.5. The van der Waals surface area contributed by atoms with E-state index in [4.69, 9.17) is 71.7 Å². The molecule has 0 aromatic heterocycles. The molecule has 107 heavy (non-hydrogen) atoms. The van der Waals surface area contributed by atoms with Crippen molar-refractivity contribution in [3.05, 3.63) is 83.3 Å². The van der Waals surface area contributed by atoms with Crippen LogP contribution in [0.25, 0.3) is 0 Å². The number of carboxylic acid groups (broad SMARTS) is 11. The zero-order valence-electron chi connectivity index (χ0n) is 58.2. The van der Waals surface area contributed by atoms with Gasteiger partial charge in [-0.3, -0.25) is 72.2 Å². The van der Waals surface area contributed by atoms with Gasteiger partial charge in [0.2, 0.25) is 5.91 Å². The van der Waals surface area contributed by atoms with Gasteiger partial charge >= 0.3 is 71.9 Å². The molecule has 0 bridgehead atoms. The van der Waals surface area contributed by atoms with Crippen LogP contribution in [0.15, 0.2) is 72.1 Å². The summed E-state index contributed by atoms with van der Waals surface area (Å²) in [5.41, 5.74) is 12.4. The molecule has 1 saturated heterocycles. The van der Waals surface area contributed by atoms with E-state index >= 15 is 0 Å². The fourth-order valence-electron chi connectivity index (χ4n) is 8.32. The molecule has 1 fully saturated rings. The van der Waals surface area contributed by atoms with Gasteiger partial charge in [-0.25, -0.2) is 9.59 Å². The van der Waals surface area contributed by atoms with E-state index in [1.54, 1.807) is 0 Å². The van der Waals surface area contributed by atoms with E-state index < -0.39 is 141 Å². The van der Waals surface area contributed by atoms with Gasteiger partial charge in [-0.1, -0.05) is 117 Å². The first-order valence-corrected chi connectivity index (χ1v) is 34.0. The van der Waals surface area contributed by atoms with E-state index in [9.17, 15) is 72.5 Å². The van der Waals surface area contributed by atoms with E-state index in [0.29, 0.717) is 96.0 Å². The number of nitrogens with two attached hydrogens (primary N) is 2. The van der Waals surface area contributed by atoms with Crippen LogP contribution in [-0.4, -0.2) is 256 Å². The maximum absolute atomic E-state index is 11.6. The van der Waals surface area contributed by atoms with Gasteiger partial charge in [-0.2, -0.15) is 12.6 Å². The summed E-state index contributed by atoms with van der Waals surface area (Å²) in [6.07, 6.45) is 7.45. The molecule has 38 heteroatoms. The number of benzene rings is 2. The van der Waals surface area contributed by atoms with Gasteiger partial charge < -0.3 is 93.1 Å². The Bertz CT molecular complexity index is 2750. The number of aliphatic carboxylic acids is 11. The molecule has 2 aromatic rings. The van der Waals surface area contributed by atoms with Gasteiger partial charge in [0, 0.05) is 33.0 Å². The molecule has 1 heterocycles. The summed E-state index contributed by atoms with van der Waals surface area (Å²) in [7, 11) is 0. The lowest BCUT2D eigenvalue weighted by Gasteiger charge is -2.25. The molecule has 4 unspecified atom stereocenters. The standard InChI is InChI=1S/C18H24N2O8.C14H24N2O7S.C14H20N2O4.C10H18N2O6.C5H8S.C2H4O2.C2H6.4CH4.ClH/c21-15(22)10-20(11-16(23)24)14(17(25)26)8-4-5-9-19-18(27)28-12-13-6-2-1-3-7-13;17-11(5-3-7-24)15-6-2-1-4-10(14(22)23)16(8-12(18)19)9-13(20)21;15-12(13(17)18)8-4-5-9-16-14(19)20-10-11-6-2-1-3-7-11;11-4-2-1-3-7(10(17)18)12(5-8(13)14)6-9(15)16;1-5-3-2-4-6-5;1-2(3)4;1-2;;;;;/h1-3,6-7,14H,4-5,8-12H2,(H,19,27)(H,21,22)(H,23,24)(H,25,26);10,24H,1-9H2,(H,15,17)(H,18,19)(H,20,21)(H,22,23);1-3,6-7,12H,4-5,8-10,15H2,(H,16,19)(H,17,18);7H,1-6,11H2,(H,13,14)(H,15,16)(H,17,18);1-4H2;1H3,(H,3,4);1-2H3;4*1H4;1H. The van der Waals surface area contributed by atoms with E-state index in [1.807, 2.05) is 86.3 Å². The molecule has 18 N–H and O–H groups in total. The van der Waals surface area contributed by atoms with E-state index in [0.717, 1.165) is 32.8 Å². The second-order valence-electron chi connectivity index (χ2n) is 21.5. The topological polar surface area (TPSA) is 578 Å². The van der Waals surface area contributed by atoms with Gasteiger partial charge in [-0.05, 0) is 124 Å². The number of unbranched alkanes of at least 4 members (excludes halogenated alkanes) is 4. The molecule has 618 valence electrons. The second kappa shape index (κ2) is 75.4. The predicted molar refractivity (Wildman–Crippen MR) is 410 cm³/mol. The number of amides is 3. The number of carboxylic acids is 11. The van der Waals surface area contributed by atoms with Crippen LogP contribution in [-0.2, 0) is 80.2 Å². The van der Waals surface area contributed by atoms with E-state index in [-0.39, 0.29) is 87.0 Å². The first kappa shape index (κ1) is 117. The number of alkyl carbamates (subject to hydrolysis) is 2. The second-order valence-corrected chi connectivity index (χ2v) is 23.2. The lowest BCUT2D eigenvalue weighted by atomic mass is 10.1. The Hall–Kier alpha value is -8.85. The highest BCUT2D eigenvalue weighted by molar-refractivity contribution is 8.03.